The second-order valence-corrected chi connectivity index (χ2v) is 3.51. The SMILES string of the molecule is C=CCc1ncc[nH]1.CC(C(=O)O)N(C)C. The quantitative estimate of drug-likeness (QED) is 0.754. The molecule has 0 saturated carbocycles. The van der Waals surface area contributed by atoms with Crippen LogP contribution in [0, 0.1) is 0 Å². The van der Waals surface area contributed by atoms with Crippen molar-refractivity contribution in [1.82, 2.24) is 14.9 Å². The highest BCUT2D eigenvalue weighted by Crippen LogP contribution is 1.88. The van der Waals surface area contributed by atoms with E-state index in [1.165, 1.54) is 0 Å². The molecule has 90 valence electrons. The fourth-order valence-electron chi connectivity index (χ4n) is 0.767. The van der Waals surface area contributed by atoms with Gasteiger partial charge in [-0.15, -0.1) is 6.58 Å². The molecule has 1 aromatic heterocycles. The number of aromatic amines is 1. The van der Waals surface area contributed by atoms with E-state index in [0.29, 0.717) is 0 Å². The van der Waals surface area contributed by atoms with Crippen molar-refractivity contribution in [3.8, 4) is 0 Å². The number of rotatable bonds is 4. The molecule has 1 rings (SSSR count). The average molecular weight is 225 g/mol. The lowest BCUT2D eigenvalue weighted by atomic mass is 10.3. The number of allylic oxidation sites excluding steroid dienone is 1. The van der Waals surface area contributed by atoms with E-state index in [2.05, 4.69) is 16.5 Å². The van der Waals surface area contributed by atoms with E-state index in [1.807, 2.05) is 6.08 Å². The molecule has 0 aromatic carbocycles. The topological polar surface area (TPSA) is 69.2 Å². The van der Waals surface area contributed by atoms with Gasteiger partial charge in [0.2, 0.25) is 0 Å². The molecule has 0 aliphatic heterocycles. The minimum Gasteiger partial charge on any atom is -0.480 e. The van der Waals surface area contributed by atoms with Crippen molar-refractivity contribution in [3.05, 3.63) is 30.9 Å². The maximum Gasteiger partial charge on any atom is 0.320 e. The number of hydrogen-bond acceptors (Lipinski definition) is 3. The number of nitrogens with one attached hydrogen (secondary N) is 1. The highest BCUT2D eigenvalue weighted by atomic mass is 16.4. The van der Waals surface area contributed by atoms with Gasteiger partial charge in [-0.05, 0) is 21.0 Å². The molecular weight excluding hydrogens is 206 g/mol. The third kappa shape index (κ3) is 5.98. The van der Waals surface area contributed by atoms with Gasteiger partial charge in [-0.2, -0.15) is 0 Å². The van der Waals surface area contributed by atoms with Crippen molar-refractivity contribution in [2.75, 3.05) is 14.1 Å². The number of carboxylic acids is 1. The van der Waals surface area contributed by atoms with Gasteiger partial charge in [0.15, 0.2) is 0 Å². The Bertz CT molecular complexity index is 307. The Balaban J connectivity index is 0.000000281. The number of H-pyrrole nitrogens is 1. The molecule has 1 aromatic rings. The Labute approximate surface area is 95.8 Å². The summed E-state index contributed by atoms with van der Waals surface area (Å²) in [6, 6.07) is -0.380. The molecule has 0 saturated heterocycles. The van der Waals surface area contributed by atoms with Crippen molar-refractivity contribution >= 4 is 5.97 Å². The van der Waals surface area contributed by atoms with Gasteiger partial charge in [0.25, 0.3) is 0 Å². The molecular formula is C11H19N3O2. The van der Waals surface area contributed by atoms with Gasteiger partial charge in [-0.1, -0.05) is 6.08 Å². The fraction of sp³-hybridized carbons (Fsp3) is 0.455. The molecule has 1 atom stereocenters. The Hall–Kier alpha value is -1.62. The average Bonchev–Trinajstić information content (AvgIpc) is 2.70. The Morgan fingerprint density at radius 1 is 1.75 bits per heavy atom. The number of hydrogen-bond donors (Lipinski definition) is 2. The molecule has 0 aliphatic rings. The van der Waals surface area contributed by atoms with Gasteiger partial charge < -0.3 is 10.1 Å². The van der Waals surface area contributed by atoms with Crippen LogP contribution in [0.5, 0.6) is 0 Å². The van der Waals surface area contributed by atoms with Crippen LogP contribution >= 0.6 is 0 Å². The molecule has 16 heavy (non-hydrogen) atoms. The number of carboxylic acid groups (broad SMARTS) is 1. The second kappa shape index (κ2) is 7.64. The number of aliphatic carboxylic acids is 1. The minimum absolute atomic E-state index is 0.380. The lowest BCUT2D eigenvalue weighted by molar-refractivity contribution is -0.141. The van der Waals surface area contributed by atoms with Gasteiger partial charge in [-0.3, -0.25) is 9.69 Å². The fourth-order valence-corrected chi connectivity index (χ4v) is 0.767. The zero-order valence-electron chi connectivity index (χ0n) is 9.97. The maximum atomic E-state index is 10.1. The van der Waals surface area contributed by atoms with Crippen LogP contribution in [0.15, 0.2) is 25.0 Å². The van der Waals surface area contributed by atoms with Gasteiger partial charge in [0.1, 0.15) is 11.9 Å². The lowest BCUT2D eigenvalue weighted by Gasteiger charge is -2.13. The third-order valence-electron chi connectivity index (χ3n) is 2.02. The number of carbonyl (C=O) groups is 1. The van der Waals surface area contributed by atoms with Crippen LogP contribution in [-0.4, -0.2) is 46.1 Å². The Morgan fingerprint density at radius 3 is 2.62 bits per heavy atom. The zero-order chi connectivity index (χ0) is 12.6. The molecule has 2 N–H and O–H groups in total. The van der Waals surface area contributed by atoms with Crippen LogP contribution in [0.3, 0.4) is 0 Å². The maximum absolute atomic E-state index is 10.1. The Kier molecular flexibility index (Phi) is 6.87. The molecule has 0 bridgehead atoms. The second-order valence-electron chi connectivity index (χ2n) is 3.51. The first kappa shape index (κ1) is 14.4. The molecule has 0 fully saturated rings. The predicted octanol–water partition coefficient (Wildman–Crippen LogP) is 1.16. The van der Waals surface area contributed by atoms with Crippen LogP contribution in [-0.2, 0) is 11.2 Å². The number of aromatic nitrogens is 2. The summed E-state index contributed by atoms with van der Waals surface area (Å²) in [5.74, 6) is 0.190. The normalized spacial score (nSPS) is 11.5. The van der Waals surface area contributed by atoms with Gasteiger partial charge in [0, 0.05) is 18.8 Å². The minimum atomic E-state index is -0.782. The summed E-state index contributed by atoms with van der Waals surface area (Å²) in [6.07, 6.45) is 6.18. The van der Waals surface area contributed by atoms with Crippen molar-refractivity contribution in [1.29, 1.82) is 0 Å². The molecule has 0 spiro atoms. The summed E-state index contributed by atoms with van der Waals surface area (Å²) in [5.41, 5.74) is 0. The van der Waals surface area contributed by atoms with E-state index in [1.54, 1.807) is 38.3 Å². The first-order valence-corrected chi connectivity index (χ1v) is 4.97. The molecule has 5 heteroatoms. The molecule has 0 aliphatic carbocycles. The third-order valence-corrected chi connectivity index (χ3v) is 2.02. The van der Waals surface area contributed by atoms with E-state index in [-0.39, 0.29) is 6.04 Å². The first-order valence-electron chi connectivity index (χ1n) is 4.97. The van der Waals surface area contributed by atoms with E-state index >= 15 is 0 Å². The predicted molar refractivity (Wildman–Crippen MR) is 63.3 cm³/mol. The van der Waals surface area contributed by atoms with E-state index < -0.39 is 5.97 Å². The van der Waals surface area contributed by atoms with Crippen molar-refractivity contribution in [2.45, 2.75) is 19.4 Å². The summed E-state index contributed by atoms with van der Waals surface area (Å²) in [4.78, 5) is 18.7. The molecule has 0 amide bonds. The van der Waals surface area contributed by atoms with E-state index in [0.717, 1.165) is 12.2 Å². The molecule has 0 radical (unpaired) electrons. The van der Waals surface area contributed by atoms with Crippen LogP contribution in [0.4, 0.5) is 0 Å². The number of nitrogens with zero attached hydrogens (tertiary/aromatic N) is 2. The first-order chi connectivity index (χ1) is 7.49. The van der Waals surface area contributed by atoms with Gasteiger partial charge >= 0.3 is 5.97 Å². The summed E-state index contributed by atoms with van der Waals surface area (Å²) >= 11 is 0. The molecule has 5 nitrogen and oxygen atoms in total. The highest BCUT2D eigenvalue weighted by Gasteiger charge is 2.11. The van der Waals surface area contributed by atoms with Crippen molar-refractivity contribution < 1.29 is 9.90 Å². The van der Waals surface area contributed by atoms with Crippen molar-refractivity contribution in [3.63, 3.8) is 0 Å². The molecule has 1 heterocycles. The van der Waals surface area contributed by atoms with Crippen LogP contribution in [0.2, 0.25) is 0 Å². The van der Waals surface area contributed by atoms with E-state index in [4.69, 9.17) is 5.11 Å². The summed E-state index contributed by atoms with van der Waals surface area (Å²) in [5, 5.41) is 8.31. The summed E-state index contributed by atoms with van der Waals surface area (Å²) in [7, 11) is 3.47. The monoisotopic (exact) mass is 225 g/mol. The standard InChI is InChI=1S/C6H8N2.C5H11NO2/c1-2-3-6-7-4-5-8-6;1-4(5(7)8)6(2)3/h2,4-5H,1,3H2,(H,7,8);4H,1-3H3,(H,7,8). The number of likely N-dealkylation sites (N-methyl/N-ethyl adjacent to an activating group) is 1. The van der Waals surface area contributed by atoms with Crippen LogP contribution in [0.25, 0.3) is 0 Å². The van der Waals surface area contributed by atoms with Gasteiger partial charge in [0.05, 0.1) is 0 Å². The Morgan fingerprint density at radius 2 is 2.38 bits per heavy atom. The molecule has 1 unspecified atom stereocenters. The largest absolute Gasteiger partial charge is 0.480 e. The van der Waals surface area contributed by atoms with Gasteiger partial charge in [-0.25, -0.2) is 4.98 Å². The zero-order valence-corrected chi connectivity index (χ0v) is 9.97. The summed E-state index contributed by atoms with van der Waals surface area (Å²) < 4.78 is 0. The van der Waals surface area contributed by atoms with Crippen LogP contribution in [0.1, 0.15) is 12.7 Å². The highest BCUT2D eigenvalue weighted by molar-refractivity contribution is 5.72. The number of imidazole rings is 1. The van der Waals surface area contributed by atoms with E-state index in [9.17, 15) is 4.79 Å². The van der Waals surface area contributed by atoms with Crippen LogP contribution < -0.4 is 0 Å². The lowest BCUT2D eigenvalue weighted by Crippen LogP contribution is -2.32. The smallest absolute Gasteiger partial charge is 0.320 e. The summed E-state index contributed by atoms with van der Waals surface area (Å²) in [6.45, 7) is 5.22. The van der Waals surface area contributed by atoms with Crippen molar-refractivity contribution in [2.24, 2.45) is 0 Å².